The molecule has 0 spiro atoms. The lowest BCUT2D eigenvalue weighted by Gasteiger charge is -2.23. The van der Waals surface area contributed by atoms with Crippen LogP contribution in [0.2, 0.25) is 0 Å². The van der Waals surface area contributed by atoms with Crippen LogP contribution in [0.5, 0.6) is 5.75 Å². The average molecular weight is 248 g/mol. The van der Waals surface area contributed by atoms with Crippen molar-refractivity contribution in [2.75, 3.05) is 0 Å². The van der Waals surface area contributed by atoms with Gasteiger partial charge in [0.25, 0.3) is 0 Å². The largest absolute Gasteiger partial charge is 0.573 e. The van der Waals surface area contributed by atoms with Crippen LogP contribution >= 0.6 is 0 Å². The summed E-state index contributed by atoms with van der Waals surface area (Å²) in [5, 5.41) is 10.1. The van der Waals surface area contributed by atoms with E-state index in [-0.39, 0.29) is 5.75 Å². The molecule has 96 valence electrons. The number of hydrogen-bond donors (Lipinski definition) is 1. The van der Waals surface area contributed by atoms with Crippen LogP contribution in [0.25, 0.3) is 0 Å². The minimum absolute atomic E-state index is 0.314. The van der Waals surface area contributed by atoms with Gasteiger partial charge in [-0.05, 0) is 31.0 Å². The molecule has 0 saturated carbocycles. The third-order valence-corrected chi connectivity index (χ3v) is 2.43. The van der Waals surface area contributed by atoms with Crippen molar-refractivity contribution >= 4 is 0 Å². The van der Waals surface area contributed by atoms with Gasteiger partial charge in [0, 0.05) is 0 Å². The highest BCUT2D eigenvalue weighted by Crippen LogP contribution is 2.30. The van der Waals surface area contributed by atoms with Gasteiger partial charge in [-0.3, -0.25) is 0 Å². The molecular weight excluding hydrogens is 233 g/mol. The van der Waals surface area contributed by atoms with Crippen molar-refractivity contribution in [1.29, 1.82) is 0 Å². The van der Waals surface area contributed by atoms with Gasteiger partial charge in [-0.2, -0.15) is 0 Å². The number of hydrogen-bond acceptors (Lipinski definition) is 2. The van der Waals surface area contributed by atoms with E-state index in [1.807, 2.05) is 6.92 Å². The highest BCUT2D eigenvalue weighted by molar-refractivity contribution is 5.32. The number of benzene rings is 1. The van der Waals surface area contributed by atoms with E-state index in [1.165, 1.54) is 18.2 Å². The Bertz CT molecular complexity index is 372. The van der Waals surface area contributed by atoms with Crippen molar-refractivity contribution in [3.8, 4) is 5.75 Å². The second-order valence-corrected chi connectivity index (χ2v) is 4.10. The van der Waals surface area contributed by atoms with E-state index in [1.54, 1.807) is 13.0 Å². The van der Waals surface area contributed by atoms with Crippen LogP contribution in [-0.2, 0) is 5.60 Å². The Morgan fingerprint density at radius 1 is 1.29 bits per heavy atom. The fraction of sp³-hybridized carbons (Fsp3) is 0.500. The van der Waals surface area contributed by atoms with Gasteiger partial charge in [-0.1, -0.05) is 25.5 Å². The van der Waals surface area contributed by atoms with Crippen molar-refractivity contribution in [3.63, 3.8) is 0 Å². The molecular formula is C12H15F3O2. The van der Waals surface area contributed by atoms with Gasteiger partial charge in [0.15, 0.2) is 0 Å². The molecule has 0 heterocycles. The van der Waals surface area contributed by atoms with E-state index < -0.39 is 12.0 Å². The standard InChI is InChI=1S/C12H15F3O2/c1-3-7-11(2,16)9-5-4-6-10(8-9)17-12(13,14)15/h4-6,8,16H,3,7H2,1-2H3. The molecule has 5 heteroatoms. The topological polar surface area (TPSA) is 29.5 Å². The number of halogens is 3. The molecule has 0 aliphatic rings. The summed E-state index contributed by atoms with van der Waals surface area (Å²) < 4.78 is 39.9. The van der Waals surface area contributed by atoms with Crippen molar-refractivity contribution < 1.29 is 23.0 Å². The van der Waals surface area contributed by atoms with Crippen molar-refractivity contribution in [2.24, 2.45) is 0 Å². The quantitative estimate of drug-likeness (QED) is 0.882. The second-order valence-electron chi connectivity index (χ2n) is 4.10. The summed E-state index contributed by atoms with van der Waals surface area (Å²) in [5.74, 6) is -0.314. The monoisotopic (exact) mass is 248 g/mol. The lowest BCUT2D eigenvalue weighted by molar-refractivity contribution is -0.274. The molecule has 0 saturated heterocycles. The molecule has 17 heavy (non-hydrogen) atoms. The lowest BCUT2D eigenvalue weighted by Crippen LogP contribution is -2.21. The maximum absolute atomic E-state index is 12.0. The number of aliphatic hydroxyl groups is 1. The second kappa shape index (κ2) is 4.96. The van der Waals surface area contributed by atoms with E-state index in [0.717, 1.165) is 6.42 Å². The summed E-state index contributed by atoms with van der Waals surface area (Å²) in [7, 11) is 0. The first-order valence-corrected chi connectivity index (χ1v) is 5.33. The van der Waals surface area contributed by atoms with Crippen LogP contribution < -0.4 is 4.74 Å². The molecule has 0 aliphatic heterocycles. The molecule has 0 aromatic heterocycles. The molecule has 1 rings (SSSR count). The summed E-state index contributed by atoms with van der Waals surface area (Å²) in [5.41, 5.74) is -0.721. The van der Waals surface area contributed by atoms with Gasteiger partial charge in [-0.15, -0.1) is 13.2 Å². The molecule has 1 atom stereocenters. The van der Waals surface area contributed by atoms with Crippen molar-refractivity contribution in [1.82, 2.24) is 0 Å². The van der Waals surface area contributed by atoms with Gasteiger partial charge in [0.2, 0.25) is 0 Å². The molecule has 0 bridgehead atoms. The molecule has 0 radical (unpaired) electrons. The van der Waals surface area contributed by atoms with E-state index >= 15 is 0 Å². The number of alkyl halides is 3. The zero-order valence-electron chi connectivity index (χ0n) is 9.71. The maximum Gasteiger partial charge on any atom is 0.573 e. The fourth-order valence-electron chi connectivity index (χ4n) is 1.66. The van der Waals surface area contributed by atoms with Gasteiger partial charge >= 0.3 is 6.36 Å². The van der Waals surface area contributed by atoms with Crippen molar-refractivity contribution in [2.45, 2.75) is 38.7 Å². The Morgan fingerprint density at radius 3 is 2.47 bits per heavy atom. The Kier molecular flexibility index (Phi) is 4.03. The zero-order valence-corrected chi connectivity index (χ0v) is 9.71. The summed E-state index contributed by atoms with van der Waals surface area (Å²) in [6.07, 6.45) is -3.50. The summed E-state index contributed by atoms with van der Waals surface area (Å²) >= 11 is 0. The Balaban J connectivity index is 2.93. The minimum atomic E-state index is -4.71. The molecule has 2 nitrogen and oxygen atoms in total. The summed E-state index contributed by atoms with van der Waals surface area (Å²) in [6, 6.07) is 5.43. The van der Waals surface area contributed by atoms with E-state index in [2.05, 4.69) is 4.74 Å². The van der Waals surface area contributed by atoms with Crippen LogP contribution in [0.15, 0.2) is 24.3 Å². The van der Waals surface area contributed by atoms with Gasteiger partial charge in [-0.25, -0.2) is 0 Å². The Labute approximate surface area is 98.0 Å². The minimum Gasteiger partial charge on any atom is -0.406 e. The molecule has 1 aromatic carbocycles. The first kappa shape index (κ1) is 13.8. The Hall–Kier alpha value is -1.23. The predicted molar refractivity (Wildman–Crippen MR) is 57.6 cm³/mol. The van der Waals surface area contributed by atoms with Crippen molar-refractivity contribution in [3.05, 3.63) is 29.8 Å². The first-order chi connectivity index (χ1) is 7.74. The van der Waals surface area contributed by atoms with Gasteiger partial charge < -0.3 is 9.84 Å². The van der Waals surface area contributed by atoms with E-state index in [9.17, 15) is 18.3 Å². The first-order valence-electron chi connectivity index (χ1n) is 5.33. The molecule has 1 aromatic rings. The molecule has 0 aliphatic carbocycles. The van der Waals surface area contributed by atoms with Crippen LogP contribution in [0.3, 0.4) is 0 Å². The predicted octanol–water partition coefficient (Wildman–Crippen LogP) is 3.59. The third kappa shape index (κ3) is 4.26. The smallest absolute Gasteiger partial charge is 0.406 e. The highest BCUT2D eigenvalue weighted by atomic mass is 19.4. The van der Waals surface area contributed by atoms with Gasteiger partial charge in [0.05, 0.1) is 5.60 Å². The van der Waals surface area contributed by atoms with Crippen LogP contribution in [0, 0.1) is 0 Å². The number of rotatable bonds is 4. The number of ether oxygens (including phenoxy) is 1. The van der Waals surface area contributed by atoms with Crippen LogP contribution in [0.4, 0.5) is 13.2 Å². The van der Waals surface area contributed by atoms with Crippen LogP contribution in [0.1, 0.15) is 32.3 Å². The SMILES string of the molecule is CCCC(C)(O)c1cccc(OC(F)(F)F)c1. The molecule has 1 unspecified atom stereocenters. The average Bonchev–Trinajstić information content (AvgIpc) is 2.15. The van der Waals surface area contributed by atoms with E-state index in [4.69, 9.17) is 0 Å². The third-order valence-electron chi connectivity index (χ3n) is 2.43. The van der Waals surface area contributed by atoms with Gasteiger partial charge in [0.1, 0.15) is 5.75 Å². The fourth-order valence-corrected chi connectivity index (χ4v) is 1.66. The Morgan fingerprint density at radius 2 is 1.94 bits per heavy atom. The zero-order chi connectivity index (χ0) is 13.1. The molecule has 0 amide bonds. The lowest BCUT2D eigenvalue weighted by atomic mass is 9.91. The normalized spacial score (nSPS) is 15.4. The summed E-state index contributed by atoms with van der Waals surface area (Å²) in [4.78, 5) is 0. The van der Waals surface area contributed by atoms with Crippen LogP contribution in [-0.4, -0.2) is 11.5 Å². The van der Waals surface area contributed by atoms with E-state index in [0.29, 0.717) is 12.0 Å². The molecule has 0 fully saturated rings. The molecule has 1 N–H and O–H groups in total. The summed E-state index contributed by atoms with van der Waals surface area (Å²) in [6.45, 7) is 3.47. The highest BCUT2D eigenvalue weighted by Gasteiger charge is 2.31. The maximum atomic E-state index is 12.0.